The lowest BCUT2D eigenvalue weighted by Gasteiger charge is -2.13. The van der Waals surface area contributed by atoms with Crippen LogP contribution in [0.4, 0.5) is 10.5 Å². The Labute approximate surface area is 163 Å². The summed E-state index contributed by atoms with van der Waals surface area (Å²) < 4.78 is 16.8. The summed E-state index contributed by atoms with van der Waals surface area (Å²) in [7, 11) is 0. The number of nitrogens with one attached hydrogen (secondary N) is 2. The number of halogens is 1. The summed E-state index contributed by atoms with van der Waals surface area (Å²) >= 11 is 5.82. The van der Waals surface area contributed by atoms with Crippen LogP contribution in [0.2, 0.25) is 5.02 Å². The summed E-state index contributed by atoms with van der Waals surface area (Å²) in [6.07, 6.45) is 2.27. The molecule has 0 radical (unpaired) electrons. The van der Waals surface area contributed by atoms with Gasteiger partial charge in [-0.05, 0) is 49.2 Å². The molecule has 0 bridgehead atoms. The van der Waals surface area contributed by atoms with E-state index >= 15 is 0 Å². The maximum absolute atomic E-state index is 12.0. The Hall–Kier alpha value is -2.44. The molecule has 144 valence electrons. The zero-order valence-electron chi connectivity index (χ0n) is 14.9. The maximum Gasteiger partial charge on any atom is 0.319 e. The summed E-state index contributed by atoms with van der Waals surface area (Å²) in [6.45, 7) is 2.07. The Balaban J connectivity index is 1.36. The molecule has 1 heterocycles. The first-order valence-electron chi connectivity index (χ1n) is 8.97. The number of ether oxygens (including phenoxy) is 3. The fraction of sp³-hybridized carbons (Fsp3) is 0.350. The Bertz CT molecular complexity index is 733. The molecule has 1 aliphatic rings. The Kier molecular flexibility index (Phi) is 7.19. The highest BCUT2D eigenvalue weighted by Crippen LogP contribution is 2.19. The minimum Gasteiger partial charge on any atom is -0.492 e. The van der Waals surface area contributed by atoms with Gasteiger partial charge in [-0.15, -0.1) is 0 Å². The minimum atomic E-state index is -0.300. The van der Waals surface area contributed by atoms with Gasteiger partial charge >= 0.3 is 6.03 Å². The molecule has 1 fully saturated rings. The summed E-state index contributed by atoms with van der Waals surface area (Å²) in [5.41, 5.74) is 0.663. The van der Waals surface area contributed by atoms with Gasteiger partial charge in [0.25, 0.3) is 0 Å². The highest BCUT2D eigenvalue weighted by Gasteiger charge is 2.16. The van der Waals surface area contributed by atoms with Crippen molar-refractivity contribution in [3.63, 3.8) is 0 Å². The highest BCUT2D eigenvalue weighted by atomic mass is 35.5. The minimum absolute atomic E-state index is 0.158. The van der Waals surface area contributed by atoms with E-state index in [1.165, 1.54) is 0 Å². The van der Waals surface area contributed by atoms with Gasteiger partial charge in [0.15, 0.2) is 0 Å². The van der Waals surface area contributed by atoms with Crippen LogP contribution in [0.15, 0.2) is 48.5 Å². The van der Waals surface area contributed by atoms with Crippen LogP contribution >= 0.6 is 11.6 Å². The van der Waals surface area contributed by atoms with Gasteiger partial charge in [-0.1, -0.05) is 17.7 Å². The second kappa shape index (κ2) is 10.0. The Morgan fingerprint density at radius 3 is 2.78 bits per heavy atom. The number of benzene rings is 2. The lowest BCUT2D eigenvalue weighted by molar-refractivity contribution is 0.0680. The van der Waals surface area contributed by atoms with E-state index in [0.29, 0.717) is 42.0 Å². The molecule has 0 spiro atoms. The molecule has 27 heavy (non-hydrogen) atoms. The van der Waals surface area contributed by atoms with Crippen LogP contribution in [0, 0.1) is 0 Å². The monoisotopic (exact) mass is 390 g/mol. The summed E-state index contributed by atoms with van der Waals surface area (Å²) in [5, 5.41) is 6.18. The molecule has 1 aliphatic heterocycles. The van der Waals surface area contributed by atoms with Crippen molar-refractivity contribution in [1.82, 2.24) is 5.32 Å². The number of amides is 2. The Morgan fingerprint density at radius 2 is 2.00 bits per heavy atom. The van der Waals surface area contributed by atoms with Crippen LogP contribution in [0.5, 0.6) is 11.5 Å². The molecule has 0 saturated carbocycles. The van der Waals surface area contributed by atoms with E-state index in [1.807, 2.05) is 18.2 Å². The first-order valence-corrected chi connectivity index (χ1v) is 9.34. The van der Waals surface area contributed by atoms with Crippen LogP contribution in [0.25, 0.3) is 0 Å². The number of anilines is 1. The fourth-order valence-corrected chi connectivity index (χ4v) is 2.79. The van der Waals surface area contributed by atoms with Crippen LogP contribution in [0.3, 0.4) is 0 Å². The topological polar surface area (TPSA) is 68.8 Å². The van der Waals surface area contributed by atoms with Gasteiger partial charge in [0.05, 0.1) is 12.6 Å². The third-order valence-electron chi connectivity index (χ3n) is 4.02. The third-order valence-corrected chi connectivity index (χ3v) is 4.27. The van der Waals surface area contributed by atoms with Crippen molar-refractivity contribution in [1.29, 1.82) is 0 Å². The van der Waals surface area contributed by atoms with Crippen molar-refractivity contribution in [2.45, 2.75) is 18.9 Å². The van der Waals surface area contributed by atoms with Gasteiger partial charge in [0.2, 0.25) is 0 Å². The fourth-order valence-electron chi connectivity index (χ4n) is 2.67. The summed E-state index contributed by atoms with van der Waals surface area (Å²) in [6, 6.07) is 14.1. The standard InChI is InChI=1S/C20H23ClN2O4/c21-15-6-8-17(9-7-15)26-12-10-22-20(24)23-16-3-1-4-18(13-16)27-14-19-5-2-11-25-19/h1,3-4,6-9,13,19H,2,5,10-12,14H2,(H2,22,23,24). The molecule has 2 amide bonds. The molecule has 2 aromatic carbocycles. The van der Waals surface area contributed by atoms with Gasteiger partial charge in [0, 0.05) is 23.4 Å². The third kappa shape index (κ3) is 6.66. The molecule has 0 aromatic heterocycles. The van der Waals surface area contributed by atoms with E-state index in [-0.39, 0.29) is 12.1 Å². The first-order chi connectivity index (χ1) is 13.2. The molecule has 1 unspecified atom stereocenters. The molecule has 2 aromatic rings. The molecule has 1 saturated heterocycles. The molecule has 7 heteroatoms. The van der Waals surface area contributed by atoms with Gasteiger partial charge in [0.1, 0.15) is 24.7 Å². The second-order valence-electron chi connectivity index (χ2n) is 6.16. The lowest BCUT2D eigenvalue weighted by Crippen LogP contribution is -2.32. The highest BCUT2D eigenvalue weighted by molar-refractivity contribution is 6.30. The average molecular weight is 391 g/mol. The van der Waals surface area contributed by atoms with Crippen molar-refractivity contribution >= 4 is 23.3 Å². The SMILES string of the molecule is O=C(NCCOc1ccc(Cl)cc1)Nc1cccc(OCC2CCCO2)c1. The number of rotatable bonds is 8. The molecule has 1 atom stereocenters. The van der Waals surface area contributed by atoms with Crippen molar-refractivity contribution in [2.75, 3.05) is 31.7 Å². The van der Waals surface area contributed by atoms with E-state index < -0.39 is 0 Å². The number of carbonyl (C=O) groups excluding carboxylic acids is 1. The van der Waals surface area contributed by atoms with Crippen LogP contribution in [0.1, 0.15) is 12.8 Å². The van der Waals surface area contributed by atoms with Gasteiger partial charge in [-0.25, -0.2) is 4.79 Å². The molecule has 3 rings (SSSR count). The lowest BCUT2D eigenvalue weighted by atomic mass is 10.2. The van der Waals surface area contributed by atoms with Gasteiger partial charge < -0.3 is 24.8 Å². The molecular weight excluding hydrogens is 368 g/mol. The van der Waals surface area contributed by atoms with Gasteiger partial charge in [-0.2, -0.15) is 0 Å². The quantitative estimate of drug-likeness (QED) is 0.666. The Morgan fingerprint density at radius 1 is 1.15 bits per heavy atom. The summed E-state index contributed by atoms with van der Waals surface area (Å²) in [4.78, 5) is 12.0. The number of carbonyl (C=O) groups is 1. The van der Waals surface area contributed by atoms with Crippen molar-refractivity contribution in [3.05, 3.63) is 53.6 Å². The number of hydrogen-bond donors (Lipinski definition) is 2. The van der Waals surface area contributed by atoms with Crippen LogP contribution < -0.4 is 20.1 Å². The zero-order valence-corrected chi connectivity index (χ0v) is 15.7. The molecule has 6 nitrogen and oxygen atoms in total. The van der Waals surface area contributed by atoms with E-state index in [0.717, 1.165) is 19.4 Å². The van der Waals surface area contributed by atoms with Crippen LogP contribution in [-0.4, -0.2) is 38.5 Å². The second-order valence-corrected chi connectivity index (χ2v) is 6.59. The van der Waals surface area contributed by atoms with E-state index in [9.17, 15) is 4.79 Å². The summed E-state index contributed by atoms with van der Waals surface area (Å²) in [5.74, 6) is 1.41. The molecule has 2 N–H and O–H groups in total. The molecule has 0 aliphatic carbocycles. The zero-order chi connectivity index (χ0) is 18.9. The van der Waals surface area contributed by atoms with Gasteiger partial charge in [-0.3, -0.25) is 0 Å². The smallest absolute Gasteiger partial charge is 0.319 e. The first kappa shape index (κ1) is 19.3. The number of hydrogen-bond acceptors (Lipinski definition) is 4. The number of urea groups is 1. The van der Waals surface area contributed by atoms with Crippen LogP contribution in [-0.2, 0) is 4.74 Å². The van der Waals surface area contributed by atoms with Crippen molar-refractivity contribution in [3.8, 4) is 11.5 Å². The van der Waals surface area contributed by atoms with Crippen molar-refractivity contribution < 1.29 is 19.0 Å². The maximum atomic E-state index is 12.0. The predicted molar refractivity (Wildman–Crippen MR) is 105 cm³/mol. The predicted octanol–water partition coefficient (Wildman–Crippen LogP) is 4.10. The van der Waals surface area contributed by atoms with E-state index in [2.05, 4.69) is 10.6 Å². The van der Waals surface area contributed by atoms with Crippen molar-refractivity contribution in [2.24, 2.45) is 0 Å². The van der Waals surface area contributed by atoms with E-state index in [1.54, 1.807) is 30.3 Å². The largest absolute Gasteiger partial charge is 0.492 e. The molecular formula is C20H23ClN2O4. The van der Waals surface area contributed by atoms with E-state index in [4.69, 9.17) is 25.8 Å². The normalized spacial score (nSPS) is 16.0. The average Bonchev–Trinajstić information content (AvgIpc) is 3.19.